The molecule has 2 aromatic rings. The number of allylic oxidation sites excluding steroid dienone is 3. The molecule has 0 heterocycles. The maximum absolute atomic E-state index is 3.78. The van der Waals surface area contributed by atoms with Gasteiger partial charge in [0.25, 0.3) is 0 Å². The quantitative estimate of drug-likeness (QED) is 0.671. The second-order valence-electron chi connectivity index (χ2n) is 5.53. The van der Waals surface area contributed by atoms with Gasteiger partial charge in [0.1, 0.15) is 0 Å². The first-order chi connectivity index (χ1) is 10.3. The fourth-order valence-corrected chi connectivity index (χ4v) is 2.66. The van der Waals surface area contributed by atoms with Gasteiger partial charge in [0.05, 0.1) is 0 Å². The molecule has 0 spiro atoms. The summed E-state index contributed by atoms with van der Waals surface area (Å²) in [5.74, 6) is 0.677. The van der Waals surface area contributed by atoms with Crippen LogP contribution in [0, 0.1) is 5.92 Å². The summed E-state index contributed by atoms with van der Waals surface area (Å²) in [6, 6.07) is 19.2. The van der Waals surface area contributed by atoms with E-state index in [4.69, 9.17) is 0 Å². The van der Waals surface area contributed by atoms with Crippen LogP contribution in [0.4, 0.5) is 0 Å². The summed E-state index contributed by atoms with van der Waals surface area (Å²) < 4.78 is 0. The topological polar surface area (TPSA) is 0 Å². The Hall–Kier alpha value is -2.34. The van der Waals surface area contributed by atoms with E-state index in [-0.39, 0.29) is 0 Å². The summed E-state index contributed by atoms with van der Waals surface area (Å²) >= 11 is 0. The average Bonchev–Trinajstić information content (AvgIpc) is 2.53. The maximum atomic E-state index is 3.78. The van der Waals surface area contributed by atoms with Crippen molar-refractivity contribution in [3.05, 3.63) is 95.6 Å². The fourth-order valence-electron chi connectivity index (χ4n) is 2.66. The lowest BCUT2D eigenvalue weighted by atomic mass is 9.80. The zero-order valence-corrected chi connectivity index (χ0v) is 12.2. The summed E-state index contributed by atoms with van der Waals surface area (Å²) in [5, 5.41) is 0. The predicted molar refractivity (Wildman–Crippen MR) is 91.9 cm³/mol. The molecule has 21 heavy (non-hydrogen) atoms. The van der Waals surface area contributed by atoms with E-state index in [9.17, 15) is 0 Å². The van der Waals surface area contributed by atoms with Gasteiger partial charge in [0, 0.05) is 0 Å². The summed E-state index contributed by atoms with van der Waals surface area (Å²) in [7, 11) is 0. The molecule has 1 aliphatic carbocycles. The molecule has 0 bridgehead atoms. The Morgan fingerprint density at radius 2 is 1.62 bits per heavy atom. The van der Waals surface area contributed by atoms with Crippen molar-refractivity contribution in [3.8, 4) is 0 Å². The summed E-state index contributed by atoms with van der Waals surface area (Å²) in [6.45, 7) is 3.78. The average molecular weight is 272 g/mol. The lowest BCUT2D eigenvalue weighted by Crippen LogP contribution is -2.13. The number of rotatable bonds is 5. The molecule has 0 amide bonds. The SMILES string of the molecule is C=Cc1ccc(C=CC2=CCC2Cc2ccccc2)cc1. The molecule has 0 N–H and O–H groups in total. The molecule has 0 saturated heterocycles. The van der Waals surface area contributed by atoms with E-state index in [0.717, 1.165) is 12.0 Å². The van der Waals surface area contributed by atoms with E-state index in [2.05, 4.69) is 79.4 Å². The van der Waals surface area contributed by atoms with Crippen LogP contribution in [0.1, 0.15) is 23.1 Å². The monoisotopic (exact) mass is 272 g/mol. The standard InChI is InChI=1S/C21H20/c1-2-17-8-10-18(11-9-17)12-13-20-14-15-21(20)16-19-6-4-3-5-7-19/h2-14,21H,1,15-16H2. The van der Waals surface area contributed by atoms with Crippen molar-refractivity contribution in [3.63, 3.8) is 0 Å². The van der Waals surface area contributed by atoms with Gasteiger partial charge in [0.15, 0.2) is 0 Å². The van der Waals surface area contributed by atoms with Gasteiger partial charge in [-0.2, -0.15) is 0 Å². The molecule has 0 nitrogen and oxygen atoms in total. The molecule has 2 aromatic carbocycles. The third-order valence-electron chi connectivity index (χ3n) is 4.07. The first-order valence-corrected chi connectivity index (χ1v) is 7.50. The lowest BCUT2D eigenvalue weighted by molar-refractivity contribution is 0.576. The normalized spacial score (nSPS) is 17.3. The van der Waals surface area contributed by atoms with Crippen LogP contribution >= 0.6 is 0 Å². The van der Waals surface area contributed by atoms with Crippen LogP contribution in [0.5, 0.6) is 0 Å². The Labute approximate surface area is 127 Å². The molecule has 0 saturated carbocycles. The third-order valence-corrected chi connectivity index (χ3v) is 4.07. The highest BCUT2D eigenvalue weighted by Gasteiger charge is 2.19. The number of hydrogen-bond acceptors (Lipinski definition) is 0. The molecule has 3 rings (SSSR count). The molecule has 1 aliphatic rings. The molecule has 0 aromatic heterocycles. The molecule has 0 fully saturated rings. The molecule has 0 heteroatoms. The van der Waals surface area contributed by atoms with Crippen LogP contribution in [-0.2, 0) is 6.42 Å². The molecule has 1 unspecified atom stereocenters. The zero-order valence-electron chi connectivity index (χ0n) is 12.2. The van der Waals surface area contributed by atoms with Gasteiger partial charge in [-0.3, -0.25) is 0 Å². The highest BCUT2D eigenvalue weighted by atomic mass is 14.2. The molecule has 0 radical (unpaired) electrons. The Kier molecular flexibility index (Phi) is 4.16. The van der Waals surface area contributed by atoms with Crippen molar-refractivity contribution in [2.24, 2.45) is 5.92 Å². The van der Waals surface area contributed by atoms with Crippen molar-refractivity contribution in [1.29, 1.82) is 0 Å². The minimum atomic E-state index is 0.677. The van der Waals surface area contributed by atoms with Crippen LogP contribution in [0.3, 0.4) is 0 Å². The van der Waals surface area contributed by atoms with Gasteiger partial charge in [-0.1, -0.05) is 85.5 Å². The third kappa shape index (κ3) is 3.41. The van der Waals surface area contributed by atoms with E-state index < -0.39 is 0 Å². The summed E-state index contributed by atoms with van der Waals surface area (Å²) in [6.07, 6.45) is 11.0. The lowest BCUT2D eigenvalue weighted by Gasteiger charge is -2.25. The Balaban J connectivity index is 1.62. The van der Waals surface area contributed by atoms with Gasteiger partial charge in [0.2, 0.25) is 0 Å². The minimum absolute atomic E-state index is 0.677. The summed E-state index contributed by atoms with van der Waals surface area (Å²) in [4.78, 5) is 0. The van der Waals surface area contributed by atoms with Gasteiger partial charge >= 0.3 is 0 Å². The number of benzene rings is 2. The first kappa shape index (κ1) is 13.6. The van der Waals surface area contributed by atoms with Crippen LogP contribution in [-0.4, -0.2) is 0 Å². The minimum Gasteiger partial charge on any atom is -0.0985 e. The van der Waals surface area contributed by atoms with E-state index in [1.54, 1.807) is 0 Å². The van der Waals surface area contributed by atoms with E-state index in [0.29, 0.717) is 5.92 Å². The maximum Gasteiger partial charge on any atom is -0.00899 e. The van der Waals surface area contributed by atoms with Crippen molar-refractivity contribution in [2.45, 2.75) is 12.8 Å². The predicted octanol–water partition coefficient (Wildman–Crippen LogP) is 5.53. The van der Waals surface area contributed by atoms with Gasteiger partial charge in [-0.15, -0.1) is 0 Å². The van der Waals surface area contributed by atoms with Gasteiger partial charge in [-0.05, 0) is 41.0 Å². The highest BCUT2D eigenvalue weighted by Crippen LogP contribution is 2.31. The largest absolute Gasteiger partial charge is 0.0985 e. The van der Waals surface area contributed by atoms with Crippen molar-refractivity contribution in [1.82, 2.24) is 0 Å². The van der Waals surface area contributed by atoms with E-state index in [1.807, 2.05) is 6.08 Å². The zero-order chi connectivity index (χ0) is 14.5. The van der Waals surface area contributed by atoms with Gasteiger partial charge < -0.3 is 0 Å². The molecule has 1 atom stereocenters. The van der Waals surface area contributed by atoms with E-state index in [1.165, 1.54) is 23.1 Å². The van der Waals surface area contributed by atoms with Crippen LogP contribution < -0.4 is 0 Å². The molecular weight excluding hydrogens is 252 g/mol. The first-order valence-electron chi connectivity index (χ1n) is 7.50. The smallest absolute Gasteiger partial charge is 0.00899 e. The second-order valence-corrected chi connectivity index (χ2v) is 5.53. The molecule has 0 aliphatic heterocycles. The Bertz CT molecular complexity index is 657. The van der Waals surface area contributed by atoms with Crippen LogP contribution in [0.25, 0.3) is 12.2 Å². The highest BCUT2D eigenvalue weighted by molar-refractivity contribution is 5.57. The van der Waals surface area contributed by atoms with Crippen LogP contribution in [0.2, 0.25) is 0 Å². The molecular formula is C21H20. The van der Waals surface area contributed by atoms with E-state index >= 15 is 0 Å². The van der Waals surface area contributed by atoms with Crippen molar-refractivity contribution < 1.29 is 0 Å². The number of hydrogen-bond donors (Lipinski definition) is 0. The fraction of sp³-hybridized carbons (Fsp3) is 0.143. The van der Waals surface area contributed by atoms with Crippen molar-refractivity contribution in [2.75, 3.05) is 0 Å². The summed E-state index contributed by atoms with van der Waals surface area (Å²) in [5.41, 5.74) is 5.30. The second kappa shape index (κ2) is 6.41. The molecule has 104 valence electrons. The Morgan fingerprint density at radius 1 is 0.905 bits per heavy atom. The van der Waals surface area contributed by atoms with Gasteiger partial charge in [-0.25, -0.2) is 0 Å². The van der Waals surface area contributed by atoms with Crippen molar-refractivity contribution >= 4 is 12.2 Å². The Morgan fingerprint density at radius 3 is 2.24 bits per heavy atom. The van der Waals surface area contributed by atoms with Crippen LogP contribution in [0.15, 0.2) is 78.9 Å².